The van der Waals surface area contributed by atoms with Crippen LogP contribution >= 0.6 is 0 Å². The van der Waals surface area contributed by atoms with Gasteiger partial charge in [0, 0.05) is 14.1 Å². The quantitative estimate of drug-likeness (QED) is 0.715. The van der Waals surface area contributed by atoms with Crippen LogP contribution in [0.1, 0.15) is 27.7 Å². The first-order valence-corrected chi connectivity index (χ1v) is 8.05. The van der Waals surface area contributed by atoms with Gasteiger partial charge in [0.1, 0.15) is 0 Å². The van der Waals surface area contributed by atoms with E-state index in [0.29, 0.717) is 11.4 Å². The molecular formula is C14H25N3O3S. The average Bonchev–Trinajstić information content (AvgIpc) is 2.29. The Morgan fingerprint density at radius 3 is 2.10 bits per heavy atom. The number of nitrogens with one attached hydrogen (secondary N) is 1. The fourth-order valence-electron chi connectivity index (χ4n) is 1.52. The molecule has 1 rings (SSSR count). The van der Waals surface area contributed by atoms with Crippen molar-refractivity contribution in [2.24, 2.45) is 0 Å². The lowest BCUT2D eigenvalue weighted by molar-refractivity contribution is 0.0241. The Balaban J connectivity index is 3.17. The summed E-state index contributed by atoms with van der Waals surface area (Å²) in [6.45, 7) is 7.08. The lowest BCUT2D eigenvalue weighted by Crippen LogP contribution is -2.51. The highest BCUT2D eigenvalue weighted by atomic mass is 32.2. The van der Waals surface area contributed by atoms with Crippen molar-refractivity contribution in [3.8, 4) is 0 Å². The van der Waals surface area contributed by atoms with Gasteiger partial charge in [-0.15, -0.1) is 0 Å². The van der Waals surface area contributed by atoms with Crippen LogP contribution in [0.25, 0.3) is 0 Å². The summed E-state index contributed by atoms with van der Waals surface area (Å²) in [5, 5.41) is 13.3. The van der Waals surface area contributed by atoms with E-state index in [1.54, 1.807) is 19.9 Å². The molecule has 0 aliphatic carbocycles. The highest BCUT2D eigenvalue weighted by Gasteiger charge is 2.35. The molecule has 21 heavy (non-hydrogen) atoms. The molecule has 0 spiro atoms. The number of aliphatic hydroxyl groups is 1. The zero-order chi connectivity index (χ0) is 16.6. The summed E-state index contributed by atoms with van der Waals surface area (Å²) in [7, 11) is -0.577. The average molecular weight is 315 g/mol. The zero-order valence-corrected chi connectivity index (χ0v) is 14.2. The molecular weight excluding hydrogens is 290 g/mol. The number of hydrogen-bond acceptors (Lipinski definition) is 5. The summed E-state index contributed by atoms with van der Waals surface area (Å²) in [6.07, 6.45) is 0. The highest BCUT2D eigenvalue weighted by Crippen LogP contribution is 2.30. The standard InChI is InChI=1S/C14H25N3O3S/c1-13(2,14(3,4)18)16-12-8-7-10(9-11(12)15)21(19,20)17(5)6/h7-9,16,18H,15H2,1-6H3. The van der Waals surface area contributed by atoms with E-state index in [1.807, 2.05) is 13.8 Å². The van der Waals surface area contributed by atoms with Crippen LogP contribution in [-0.2, 0) is 10.0 Å². The van der Waals surface area contributed by atoms with Gasteiger partial charge in [0.15, 0.2) is 0 Å². The zero-order valence-electron chi connectivity index (χ0n) is 13.4. The first kappa shape index (κ1) is 17.7. The lowest BCUT2D eigenvalue weighted by Gasteiger charge is -2.39. The van der Waals surface area contributed by atoms with E-state index in [4.69, 9.17) is 5.73 Å². The van der Waals surface area contributed by atoms with Crippen LogP contribution in [0.3, 0.4) is 0 Å². The topological polar surface area (TPSA) is 95.7 Å². The van der Waals surface area contributed by atoms with Gasteiger partial charge in [0.2, 0.25) is 10.0 Å². The predicted molar refractivity (Wildman–Crippen MR) is 85.7 cm³/mol. The summed E-state index contributed by atoms with van der Waals surface area (Å²) >= 11 is 0. The van der Waals surface area contributed by atoms with Crippen LogP contribution in [-0.4, -0.2) is 43.1 Å². The monoisotopic (exact) mass is 315 g/mol. The number of benzene rings is 1. The van der Waals surface area contributed by atoms with E-state index in [0.717, 1.165) is 4.31 Å². The number of anilines is 2. The van der Waals surface area contributed by atoms with Gasteiger partial charge in [-0.1, -0.05) is 0 Å². The molecule has 1 aromatic rings. The maximum atomic E-state index is 12.0. The molecule has 1 aromatic carbocycles. The van der Waals surface area contributed by atoms with E-state index in [-0.39, 0.29) is 4.90 Å². The Hall–Kier alpha value is -1.31. The van der Waals surface area contributed by atoms with Crippen molar-refractivity contribution in [3.63, 3.8) is 0 Å². The molecule has 0 saturated heterocycles. The Kier molecular flexibility index (Phi) is 4.62. The van der Waals surface area contributed by atoms with Gasteiger partial charge in [0.05, 0.1) is 27.4 Å². The third-order valence-electron chi connectivity index (χ3n) is 3.78. The van der Waals surface area contributed by atoms with Gasteiger partial charge in [0.25, 0.3) is 0 Å². The largest absolute Gasteiger partial charge is 0.397 e. The van der Waals surface area contributed by atoms with Crippen molar-refractivity contribution in [2.45, 2.75) is 43.7 Å². The summed E-state index contributed by atoms with van der Waals surface area (Å²) in [5.41, 5.74) is 5.23. The van der Waals surface area contributed by atoms with Gasteiger partial charge in [-0.05, 0) is 45.9 Å². The van der Waals surface area contributed by atoms with Crippen LogP contribution < -0.4 is 11.1 Å². The van der Waals surface area contributed by atoms with Gasteiger partial charge in [-0.2, -0.15) is 0 Å². The van der Waals surface area contributed by atoms with Crippen molar-refractivity contribution in [3.05, 3.63) is 18.2 Å². The van der Waals surface area contributed by atoms with Gasteiger partial charge in [-0.3, -0.25) is 0 Å². The highest BCUT2D eigenvalue weighted by molar-refractivity contribution is 7.89. The molecule has 0 aromatic heterocycles. The van der Waals surface area contributed by atoms with Crippen LogP contribution in [0, 0.1) is 0 Å². The van der Waals surface area contributed by atoms with Crippen molar-refractivity contribution in [2.75, 3.05) is 25.1 Å². The minimum Gasteiger partial charge on any atom is -0.397 e. The van der Waals surface area contributed by atoms with E-state index >= 15 is 0 Å². The molecule has 7 heteroatoms. The third kappa shape index (κ3) is 3.66. The fourth-order valence-corrected chi connectivity index (χ4v) is 2.45. The first-order chi connectivity index (χ1) is 9.29. The molecule has 4 N–H and O–H groups in total. The number of nitrogens with zero attached hydrogens (tertiary/aromatic N) is 1. The van der Waals surface area contributed by atoms with Gasteiger partial charge in [-0.25, -0.2) is 12.7 Å². The normalized spacial score (nSPS) is 13.5. The second kappa shape index (κ2) is 5.47. The van der Waals surface area contributed by atoms with E-state index in [9.17, 15) is 13.5 Å². The Morgan fingerprint density at radius 2 is 1.71 bits per heavy atom. The van der Waals surface area contributed by atoms with Crippen LogP contribution in [0.2, 0.25) is 0 Å². The minimum atomic E-state index is -3.51. The fraction of sp³-hybridized carbons (Fsp3) is 0.571. The number of hydrogen-bond donors (Lipinski definition) is 3. The Morgan fingerprint density at radius 1 is 1.19 bits per heavy atom. The number of nitrogens with two attached hydrogens (primary N) is 1. The summed E-state index contributed by atoms with van der Waals surface area (Å²) in [6, 6.07) is 4.52. The van der Waals surface area contributed by atoms with Crippen LogP contribution in [0.4, 0.5) is 11.4 Å². The van der Waals surface area contributed by atoms with Crippen LogP contribution in [0.5, 0.6) is 0 Å². The summed E-state index contributed by atoms with van der Waals surface area (Å²) < 4.78 is 25.2. The molecule has 120 valence electrons. The molecule has 0 radical (unpaired) electrons. The third-order valence-corrected chi connectivity index (χ3v) is 5.59. The molecule has 0 heterocycles. The molecule has 0 bridgehead atoms. The predicted octanol–water partition coefficient (Wildman–Crippen LogP) is 1.48. The van der Waals surface area contributed by atoms with Gasteiger partial charge < -0.3 is 16.2 Å². The molecule has 6 nitrogen and oxygen atoms in total. The maximum Gasteiger partial charge on any atom is 0.242 e. The molecule has 0 fully saturated rings. The van der Waals surface area contributed by atoms with E-state index in [2.05, 4.69) is 5.32 Å². The molecule has 0 atom stereocenters. The van der Waals surface area contributed by atoms with Crippen LogP contribution in [0.15, 0.2) is 23.1 Å². The van der Waals surface area contributed by atoms with Crippen molar-refractivity contribution >= 4 is 21.4 Å². The molecule has 0 unspecified atom stereocenters. The van der Waals surface area contributed by atoms with Crippen molar-refractivity contribution in [1.82, 2.24) is 4.31 Å². The van der Waals surface area contributed by atoms with E-state index < -0.39 is 21.2 Å². The molecule has 0 amide bonds. The Bertz CT molecular complexity index is 617. The summed E-state index contributed by atoms with van der Waals surface area (Å²) in [5.74, 6) is 0. The molecule has 0 saturated carbocycles. The minimum absolute atomic E-state index is 0.136. The smallest absolute Gasteiger partial charge is 0.242 e. The second-order valence-electron chi connectivity index (χ2n) is 6.35. The van der Waals surface area contributed by atoms with Crippen molar-refractivity contribution < 1.29 is 13.5 Å². The van der Waals surface area contributed by atoms with Gasteiger partial charge >= 0.3 is 0 Å². The summed E-state index contributed by atoms with van der Waals surface area (Å²) in [4.78, 5) is 0.136. The molecule has 0 aliphatic heterocycles. The SMILES string of the molecule is CN(C)S(=O)(=O)c1ccc(NC(C)(C)C(C)(C)O)c(N)c1. The number of sulfonamides is 1. The second-order valence-corrected chi connectivity index (χ2v) is 8.50. The number of nitrogen functional groups attached to an aromatic ring is 1. The number of rotatable bonds is 5. The first-order valence-electron chi connectivity index (χ1n) is 6.61. The Labute approximate surface area is 127 Å². The molecule has 0 aliphatic rings. The lowest BCUT2D eigenvalue weighted by atomic mass is 9.85. The maximum absolute atomic E-state index is 12.0. The van der Waals surface area contributed by atoms with E-state index in [1.165, 1.54) is 26.2 Å². The van der Waals surface area contributed by atoms with Crippen molar-refractivity contribution in [1.29, 1.82) is 0 Å².